The number of imide groups is 1. The molecule has 0 aromatic rings. The van der Waals surface area contributed by atoms with Crippen molar-refractivity contribution in [2.24, 2.45) is 0 Å². The number of Topliss-reactive ketones (excluding diaryl/α,β-unsaturated/α-hetero) is 1. The third-order valence-electron chi connectivity index (χ3n) is 2.96. The molecule has 1 aliphatic rings. The summed E-state index contributed by atoms with van der Waals surface area (Å²) < 4.78 is 0. The first-order valence-corrected chi connectivity index (χ1v) is 5.35. The summed E-state index contributed by atoms with van der Waals surface area (Å²) in [5.41, 5.74) is -0.747. The molecule has 1 N–H and O–H groups in total. The lowest BCUT2D eigenvalue weighted by Gasteiger charge is -2.43. The van der Waals surface area contributed by atoms with Crippen LogP contribution < -0.4 is 5.32 Å². The van der Waals surface area contributed by atoms with Gasteiger partial charge < -0.3 is 0 Å². The Morgan fingerprint density at radius 2 is 2.06 bits per heavy atom. The minimum absolute atomic E-state index is 0.0572. The molecule has 0 aromatic carbocycles. The highest BCUT2D eigenvalue weighted by Gasteiger charge is 2.42. The number of nitrogens with zero attached hydrogens (tertiary/aromatic N) is 1. The third kappa shape index (κ3) is 2.47. The van der Waals surface area contributed by atoms with Crippen molar-refractivity contribution < 1.29 is 14.4 Å². The number of nitrogens with one attached hydrogen (secondary N) is 1. The van der Waals surface area contributed by atoms with E-state index in [1.807, 2.05) is 6.92 Å². The van der Waals surface area contributed by atoms with Gasteiger partial charge in [0.1, 0.15) is 5.78 Å². The Hall–Kier alpha value is -1.23. The minimum Gasteiger partial charge on any atom is -0.300 e. The van der Waals surface area contributed by atoms with Crippen molar-refractivity contribution in [3.05, 3.63) is 0 Å². The SMILES string of the molecule is CC(=O)CC(C)N1CC(=O)NC(=O)C1(C)C. The van der Waals surface area contributed by atoms with E-state index in [0.717, 1.165) is 0 Å². The maximum absolute atomic E-state index is 11.7. The molecule has 0 aliphatic carbocycles. The second-order valence-electron chi connectivity index (χ2n) is 4.82. The van der Waals surface area contributed by atoms with E-state index in [9.17, 15) is 14.4 Å². The number of piperazine rings is 1. The summed E-state index contributed by atoms with van der Waals surface area (Å²) in [4.78, 5) is 35.8. The molecule has 1 fully saturated rings. The summed E-state index contributed by atoms with van der Waals surface area (Å²) in [6.07, 6.45) is 0.351. The lowest BCUT2D eigenvalue weighted by molar-refractivity contribution is -0.148. The van der Waals surface area contributed by atoms with E-state index in [1.165, 1.54) is 6.92 Å². The summed E-state index contributed by atoms with van der Waals surface area (Å²) >= 11 is 0. The van der Waals surface area contributed by atoms with Crippen LogP contribution in [0.5, 0.6) is 0 Å². The number of rotatable bonds is 3. The van der Waals surface area contributed by atoms with Gasteiger partial charge in [0.05, 0.1) is 12.1 Å². The number of ketones is 1. The Balaban J connectivity index is 2.87. The largest absolute Gasteiger partial charge is 0.300 e. The van der Waals surface area contributed by atoms with Crippen molar-refractivity contribution in [2.45, 2.75) is 45.7 Å². The van der Waals surface area contributed by atoms with Crippen LogP contribution in [0, 0.1) is 0 Å². The number of amides is 2. The molecule has 0 aromatic heterocycles. The zero-order valence-electron chi connectivity index (χ0n) is 10.2. The van der Waals surface area contributed by atoms with Crippen LogP contribution >= 0.6 is 0 Å². The zero-order chi connectivity index (χ0) is 12.5. The Bertz CT molecular complexity index is 336. The van der Waals surface area contributed by atoms with Crippen LogP contribution in [0.3, 0.4) is 0 Å². The average Bonchev–Trinajstić information content (AvgIpc) is 2.10. The highest BCUT2D eigenvalue weighted by Crippen LogP contribution is 2.22. The fraction of sp³-hybridized carbons (Fsp3) is 0.727. The maximum Gasteiger partial charge on any atom is 0.246 e. The van der Waals surface area contributed by atoms with Gasteiger partial charge in [-0.2, -0.15) is 0 Å². The number of carbonyl (C=O) groups excluding carboxylic acids is 3. The van der Waals surface area contributed by atoms with Crippen molar-refractivity contribution in [2.75, 3.05) is 6.54 Å². The fourth-order valence-corrected chi connectivity index (χ4v) is 2.03. The molecule has 5 nitrogen and oxygen atoms in total. The number of hydrogen-bond donors (Lipinski definition) is 1. The van der Waals surface area contributed by atoms with E-state index in [4.69, 9.17) is 0 Å². The first-order chi connectivity index (χ1) is 7.25. The van der Waals surface area contributed by atoms with Crippen LogP contribution in [0.15, 0.2) is 0 Å². The normalized spacial score (nSPS) is 22.8. The van der Waals surface area contributed by atoms with E-state index < -0.39 is 5.54 Å². The summed E-state index contributed by atoms with van der Waals surface area (Å²) in [5, 5.41) is 2.30. The van der Waals surface area contributed by atoms with Gasteiger partial charge in [-0.3, -0.25) is 24.6 Å². The molecule has 1 rings (SSSR count). The molecule has 1 heterocycles. The average molecular weight is 226 g/mol. The molecule has 0 spiro atoms. The zero-order valence-corrected chi connectivity index (χ0v) is 10.2. The predicted octanol–water partition coefficient (Wildman–Crippen LogP) is 0.0910. The van der Waals surface area contributed by atoms with Crippen molar-refractivity contribution in [3.63, 3.8) is 0 Å². The second kappa shape index (κ2) is 4.33. The standard InChI is InChI=1S/C11H18N2O3/c1-7(5-8(2)14)13-6-9(15)12-10(16)11(13,3)4/h7H,5-6H2,1-4H3,(H,12,15,16). The molecule has 0 saturated carbocycles. The number of hydrogen-bond acceptors (Lipinski definition) is 4. The van der Waals surface area contributed by atoms with Crippen LogP contribution in [0.1, 0.15) is 34.1 Å². The van der Waals surface area contributed by atoms with Gasteiger partial charge in [-0.25, -0.2) is 0 Å². The molecule has 5 heteroatoms. The highest BCUT2D eigenvalue weighted by molar-refractivity contribution is 6.03. The monoisotopic (exact) mass is 226 g/mol. The van der Waals surface area contributed by atoms with Gasteiger partial charge in [0.25, 0.3) is 0 Å². The fourth-order valence-electron chi connectivity index (χ4n) is 2.03. The lowest BCUT2D eigenvalue weighted by Crippen LogP contribution is -2.66. The molecule has 16 heavy (non-hydrogen) atoms. The van der Waals surface area contributed by atoms with E-state index in [1.54, 1.807) is 18.7 Å². The predicted molar refractivity (Wildman–Crippen MR) is 58.7 cm³/mol. The summed E-state index contributed by atoms with van der Waals surface area (Å²) in [6.45, 7) is 7.04. The first-order valence-electron chi connectivity index (χ1n) is 5.35. The van der Waals surface area contributed by atoms with Crippen LogP contribution in [-0.2, 0) is 14.4 Å². The molecular formula is C11H18N2O3. The van der Waals surface area contributed by atoms with Gasteiger partial charge in [-0.1, -0.05) is 0 Å². The Kier molecular flexibility index (Phi) is 3.48. The summed E-state index contributed by atoms with van der Waals surface area (Å²) in [5.74, 6) is -0.555. The summed E-state index contributed by atoms with van der Waals surface area (Å²) in [7, 11) is 0. The van der Waals surface area contributed by atoms with Gasteiger partial charge in [0, 0.05) is 12.5 Å². The van der Waals surface area contributed by atoms with Crippen LogP contribution in [0.4, 0.5) is 0 Å². The summed E-state index contributed by atoms with van der Waals surface area (Å²) in [6, 6.07) is -0.109. The lowest BCUT2D eigenvalue weighted by atomic mass is 9.95. The van der Waals surface area contributed by atoms with E-state index in [0.29, 0.717) is 6.42 Å². The Morgan fingerprint density at radius 1 is 1.50 bits per heavy atom. The number of carbonyl (C=O) groups is 3. The van der Waals surface area contributed by atoms with E-state index in [2.05, 4.69) is 5.32 Å². The molecule has 0 radical (unpaired) electrons. The molecule has 1 aliphatic heterocycles. The van der Waals surface area contributed by atoms with E-state index >= 15 is 0 Å². The third-order valence-corrected chi connectivity index (χ3v) is 2.96. The van der Waals surface area contributed by atoms with Gasteiger partial charge in [-0.05, 0) is 27.7 Å². The van der Waals surface area contributed by atoms with Crippen molar-refractivity contribution in [1.82, 2.24) is 10.2 Å². The highest BCUT2D eigenvalue weighted by atomic mass is 16.2. The van der Waals surface area contributed by atoms with Gasteiger partial charge in [-0.15, -0.1) is 0 Å². The van der Waals surface area contributed by atoms with E-state index in [-0.39, 0.29) is 30.2 Å². The van der Waals surface area contributed by atoms with Gasteiger partial charge >= 0.3 is 0 Å². The smallest absolute Gasteiger partial charge is 0.246 e. The molecular weight excluding hydrogens is 208 g/mol. The topological polar surface area (TPSA) is 66.5 Å². The molecule has 1 unspecified atom stereocenters. The second-order valence-corrected chi connectivity index (χ2v) is 4.82. The van der Waals surface area contributed by atoms with Crippen molar-refractivity contribution in [1.29, 1.82) is 0 Å². The van der Waals surface area contributed by atoms with Crippen molar-refractivity contribution >= 4 is 17.6 Å². The van der Waals surface area contributed by atoms with Crippen LogP contribution in [0.2, 0.25) is 0 Å². The minimum atomic E-state index is -0.747. The molecule has 90 valence electrons. The van der Waals surface area contributed by atoms with Crippen molar-refractivity contribution in [3.8, 4) is 0 Å². The molecule has 2 amide bonds. The quantitative estimate of drug-likeness (QED) is 0.693. The van der Waals surface area contributed by atoms with Crippen LogP contribution in [-0.4, -0.2) is 40.6 Å². The molecule has 1 atom stereocenters. The Labute approximate surface area is 95.2 Å². The van der Waals surface area contributed by atoms with Gasteiger partial charge in [0.15, 0.2) is 0 Å². The Morgan fingerprint density at radius 3 is 2.56 bits per heavy atom. The first kappa shape index (κ1) is 12.8. The molecule has 1 saturated heterocycles. The van der Waals surface area contributed by atoms with Gasteiger partial charge in [0.2, 0.25) is 11.8 Å². The maximum atomic E-state index is 11.7. The van der Waals surface area contributed by atoms with Crippen LogP contribution in [0.25, 0.3) is 0 Å². The molecule has 0 bridgehead atoms.